The van der Waals surface area contributed by atoms with Crippen LogP contribution in [0.4, 0.5) is 0 Å². The number of carbonyl (C=O) groups excluding carboxylic acids is 10. The first-order valence-electron chi connectivity index (χ1n) is 33.4. The number of imide groups is 1. The highest BCUT2D eigenvalue weighted by Crippen LogP contribution is 2.33. The van der Waals surface area contributed by atoms with Crippen molar-refractivity contribution >= 4 is 70.6 Å². The summed E-state index contributed by atoms with van der Waals surface area (Å²) in [6, 6.07) is 5.98. The smallest absolute Gasteiger partial charge is 0.326 e. The minimum absolute atomic E-state index is 0.0263. The fourth-order valence-electron chi connectivity index (χ4n) is 13.1. The van der Waals surface area contributed by atoms with Crippen molar-refractivity contribution in [2.45, 2.75) is 208 Å². The molecule has 1 aromatic rings. The molecule has 2 aliphatic heterocycles. The number of likely N-dealkylation sites (tertiary alicyclic amines) is 1. The summed E-state index contributed by atoms with van der Waals surface area (Å²) >= 11 is 0. The van der Waals surface area contributed by atoms with E-state index >= 15 is 0 Å². The average Bonchev–Trinajstić information content (AvgIpc) is 1.83. The average molecular weight is 1310 g/mol. The number of aliphatic carboxylic acids is 2. The van der Waals surface area contributed by atoms with Crippen LogP contribution in [0.1, 0.15) is 171 Å². The number of ketones is 3. The third-order valence-electron chi connectivity index (χ3n) is 18.6. The molecule has 0 aromatic heterocycles. The number of amides is 7. The van der Waals surface area contributed by atoms with Gasteiger partial charge >= 0.3 is 11.9 Å². The molecule has 23 heteroatoms. The van der Waals surface area contributed by atoms with Crippen LogP contribution >= 0.6 is 0 Å². The lowest BCUT2D eigenvalue weighted by Crippen LogP contribution is -2.54. The Labute approximate surface area is 552 Å². The van der Waals surface area contributed by atoms with Crippen LogP contribution in [0, 0.1) is 46.8 Å². The molecule has 2 aliphatic rings. The van der Waals surface area contributed by atoms with Gasteiger partial charge in [-0.3, -0.25) is 62.5 Å². The van der Waals surface area contributed by atoms with Crippen LogP contribution in [-0.4, -0.2) is 210 Å². The second kappa shape index (κ2) is 39.2. The molecular weight excluding hydrogens is 1190 g/mol. The molecule has 11 atom stereocenters. The van der Waals surface area contributed by atoms with E-state index in [1.807, 2.05) is 76.4 Å². The van der Waals surface area contributed by atoms with Crippen molar-refractivity contribution in [3.05, 3.63) is 48.0 Å². The second-order valence-corrected chi connectivity index (χ2v) is 27.5. The summed E-state index contributed by atoms with van der Waals surface area (Å²) in [6.07, 6.45) is 2.76. The summed E-state index contributed by atoms with van der Waals surface area (Å²) in [5, 5.41) is 25.0. The number of ether oxygens (including phenoxy) is 2. The van der Waals surface area contributed by atoms with Crippen molar-refractivity contribution in [2.24, 2.45) is 46.8 Å². The van der Waals surface area contributed by atoms with E-state index in [1.54, 1.807) is 59.0 Å². The van der Waals surface area contributed by atoms with E-state index in [-0.39, 0.29) is 111 Å². The first-order chi connectivity index (χ1) is 43.7. The molecule has 7 amide bonds. The van der Waals surface area contributed by atoms with Crippen LogP contribution in [0.5, 0.6) is 0 Å². The number of carbonyl (C=O) groups is 12. The van der Waals surface area contributed by atoms with Crippen LogP contribution in [0.15, 0.2) is 42.5 Å². The Bertz CT molecular complexity index is 2690. The molecule has 0 saturated carbocycles. The SMILES string of the molecule is CC[C@H](C)[C@@H]([C@@H](CC(=O)N1CCC[C@H]1[C@H](OC)[C@@H](C)C(=O)C[C@H](Cc1ccccc1)C(=O)C[C@@H](CCC(=O)O)C(=O)N[C@@H](CCCCNC(=O)CCN1C(=O)C=CC1=O)C(=O)O)OC)N(C)C(=O)[C@@H](CC(=O)[C@H](C(C)C)N(C)CCCCN(C)C(=O)C(C)(C)C)C(C)C. The number of hydrogen-bond donors (Lipinski definition) is 4. The molecule has 0 bridgehead atoms. The number of unbranched alkanes of at least 4 members (excludes halogenated alkanes) is 2. The Morgan fingerprint density at radius 3 is 1.91 bits per heavy atom. The number of hydrogen-bond acceptors (Lipinski definition) is 15. The summed E-state index contributed by atoms with van der Waals surface area (Å²) in [7, 11) is 8.45. The largest absolute Gasteiger partial charge is 0.481 e. The van der Waals surface area contributed by atoms with Crippen molar-refractivity contribution in [1.29, 1.82) is 0 Å². The Hall–Kier alpha value is -6.72. The molecule has 0 radical (unpaired) electrons. The van der Waals surface area contributed by atoms with Crippen LogP contribution in [-0.2, 0) is 73.4 Å². The van der Waals surface area contributed by atoms with Gasteiger partial charge in [-0.05, 0) is 94.7 Å². The van der Waals surface area contributed by atoms with Crippen molar-refractivity contribution in [3.63, 3.8) is 0 Å². The monoisotopic (exact) mass is 1310 g/mol. The Morgan fingerprint density at radius 1 is 0.731 bits per heavy atom. The van der Waals surface area contributed by atoms with Gasteiger partial charge in [0.15, 0.2) is 5.78 Å². The van der Waals surface area contributed by atoms with Crippen LogP contribution in [0.2, 0.25) is 0 Å². The maximum absolute atomic E-state index is 14.9. The molecule has 1 fully saturated rings. The molecule has 93 heavy (non-hydrogen) atoms. The first-order valence-corrected chi connectivity index (χ1v) is 33.4. The van der Waals surface area contributed by atoms with E-state index < -0.39 is 120 Å². The van der Waals surface area contributed by atoms with Crippen molar-refractivity contribution in [2.75, 3.05) is 68.1 Å². The number of likely N-dealkylation sites (N-methyl/N-ethyl adjacent to an activating group) is 2. The van der Waals surface area contributed by atoms with E-state index in [0.717, 1.165) is 35.5 Å². The van der Waals surface area contributed by atoms with E-state index in [1.165, 1.54) is 14.2 Å². The number of methoxy groups -OCH3 is 2. The molecule has 1 saturated heterocycles. The summed E-state index contributed by atoms with van der Waals surface area (Å²) in [6.45, 7) is 20.9. The lowest BCUT2D eigenvalue weighted by atomic mass is 9.81. The highest BCUT2D eigenvalue weighted by atomic mass is 16.5. The lowest BCUT2D eigenvalue weighted by Gasteiger charge is -2.41. The second-order valence-electron chi connectivity index (χ2n) is 27.5. The van der Waals surface area contributed by atoms with Crippen molar-refractivity contribution in [1.82, 2.24) is 35.1 Å². The maximum Gasteiger partial charge on any atom is 0.326 e. The molecular formula is C70H111N7O16. The number of Topliss-reactive ketones (excluding diaryl/α,β-unsaturated/α-hetero) is 3. The minimum Gasteiger partial charge on any atom is -0.481 e. The van der Waals surface area contributed by atoms with Crippen molar-refractivity contribution < 1.29 is 77.2 Å². The third-order valence-corrected chi connectivity index (χ3v) is 18.6. The van der Waals surface area contributed by atoms with Crippen molar-refractivity contribution in [3.8, 4) is 0 Å². The number of benzene rings is 1. The molecule has 4 N–H and O–H groups in total. The first kappa shape index (κ1) is 80.5. The van der Waals surface area contributed by atoms with E-state index in [4.69, 9.17) is 9.47 Å². The topological polar surface area (TPSA) is 304 Å². The van der Waals surface area contributed by atoms with E-state index in [2.05, 4.69) is 15.5 Å². The van der Waals surface area contributed by atoms with Gasteiger partial charge < -0.3 is 45.0 Å². The predicted octanol–water partition coefficient (Wildman–Crippen LogP) is 6.81. The Balaban J connectivity index is 1.77. The highest BCUT2D eigenvalue weighted by Gasteiger charge is 2.44. The normalized spacial score (nSPS) is 17.5. The minimum atomic E-state index is -1.42. The van der Waals surface area contributed by atoms with Gasteiger partial charge in [0.1, 0.15) is 17.6 Å². The molecule has 0 spiro atoms. The van der Waals surface area contributed by atoms with Gasteiger partial charge in [-0.2, -0.15) is 0 Å². The third kappa shape index (κ3) is 25.2. The van der Waals surface area contributed by atoms with Gasteiger partial charge in [0.25, 0.3) is 11.8 Å². The molecule has 522 valence electrons. The number of nitrogens with zero attached hydrogens (tertiary/aromatic N) is 5. The summed E-state index contributed by atoms with van der Waals surface area (Å²) in [4.78, 5) is 168. The van der Waals surface area contributed by atoms with Gasteiger partial charge in [0, 0.05) is 128 Å². The quantitative estimate of drug-likeness (QED) is 0.0385. The van der Waals surface area contributed by atoms with E-state index in [0.29, 0.717) is 45.3 Å². The molecule has 3 rings (SSSR count). The van der Waals surface area contributed by atoms with Gasteiger partial charge in [-0.15, -0.1) is 0 Å². The Kier molecular flexibility index (Phi) is 34.0. The van der Waals surface area contributed by atoms with Crippen LogP contribution < -0.4 is 10.6 Å². The molecule has 0 aliphatic carbocycles. The summed E-state index contributed by atoms with van der Waals surface area (Å²) in [5.41, 5.74) is 0.245. The standard InChI is InChI=1S/C70H111N7O16/c1-16-46(6)64(75(13)67(88)51(44(2)3)42-56(80)63(45(4)5)73(11)35-22-23-36-74(12)69(91)70(8,9)10)57(92-14)43-61(84)76-37-24-28-53(76)65(93-15)47(7)54(78)41-50(39-48-25-18-17-19-26-48)55(79)40-49(29-32-62(85)86)66(87)72-52(68(89)90)27-20-21-34-71-58(81)33-38-77-59(82)30-31-60(77)83/h17-19,25-26,30-31,44-47,49-53,57,63-65H,16,20-24,27-29,32-43H2,1-15H3,(H,71,81)(H,72,87)(H,85,86)(H,89,90)/t46-,47-,49+,50-,51-,52-,53-,57+,63-,64-,65+/m0/s1. The molecule has 0 unspecified atom stereocenters. The zero-order valence-electron chi connectivity index (χ0n) is 58.2. The molecule has 1 aromatic carbocycles. The lowest BCUT2D eigenvalue weighted by molar-refractivity contribution is -0.149. The van der Waals surface area contributed by atoms with Gasteiger partial charge in [0.2, 0.25) is 29.5 Å². The number of carboxylic acid groups (broad SMARTS) is 2. The number of rotatable bonds is 44. The maximum atomic E-state index is 14.9. The number of nitrogens with one attached hydrogen (secondary N) is 2. The van der Waals surface area contributed by atoms with Gasteiger partial charge in [-0.25, -0.2) is 4.79 Å². The zero-order chi connectivity index (χ0) is 70.0. The van der Waals surface area contributed by atoms with Gasteiger partial charge in [0.05, 0.1) is 36.8 Å². The molecule has 23 nitrogen and oxygen atoms in total. The highest BCUT2D eigenvalue weighted by molar-refractivity contribution is 6.13. The fourth-order valence-corrected chi connectivity index (χ4v) is 13.1. The predicted molar refractivity (Wildman–Crippen MR) is 352 cm³/mol. The summed E-state index contributed by atoms with van der Waals surface area (Å²) in [5.74, 6) is -10.3. The van der Waals surface area contributed by atoms with Crippen LogP contribution in [0.3, 0.4) is 0 Å². The number of carboxylic acids is 2. The zero-order valence-corrected chi connectivity index (χ0v) is 58.2. The van der Waals surface area contributed by atoms with Crippen LogP contribution in [0.25, 0.3) is 0 Å². The fraction of sp³-hybridized carbons (Fsp3) is 0.714. The Morgan fingerprint density at radius 2 is 1.35 bits per heavy atom. The van der Waals surface area contributed by atoms with E-state index in [9.17, 15) is 67.7 Å². The molecule has 2 heterocycles. The van der Waals surface area contributed by atoms with Gasteiger partial charge in [-0.1, -0.05) is 106 Å². The summed E-state index contributed by atoms with van der Waals surface area (Å²) < 4.78 is 12.3.